The quantitative estimate of drug-likeness (QED) is 0.812. The van der Waals surface area contributed by atoms with Gasteiger partial charge in [-0.1, -0.05) is 18.2 Å². The summed E-state index contributed by atoms with van der Waals surface area (Å²) in [5.41, 5.74) is 7.23. The molecule has 4 heteroatoms. The molecule has 0 saturated heterocycles. The van der Waals surface area contributed by atoms with Crippen LogP contribution in [0.3, 0.4) is 0 Å². The number of nitrogens with zero attached hydrogens (tertiary/aromatic N) is 1. The monoisotopic (exact) mass is 263 g/mol. The summed E-state index contributed by atoms with van der Waals surface area (Å²) in [4.78, 5) is 14.3. The minimum absolute atomic E-state index is 0.0287. The molecule has 1 aromatic rings. The molecule has 0 aliphatic carbocycles. The minimum Gasteiger partial charge on any atom is -0.350 e. The number of likely N-dealkylation sites (N-methyl/N-ethyl adjacent to an activating group) is 1. The molecule has 106 valence electrons. The van der Waals surface area contributed by atoms with E-state index in [2.05, 4.69) is 24.1 Å². The molecule has 0 aromatic heterocycles. The van der Waals surface area contributed by atoms with Crippen LogP contribution in [-0.4, -0.2) is 43.5 Å². The zero-order valence-electron chi connectivity index (χ0n) is 12.4. The van der Waals surface area contributed by atoms with Crippen LogP contribution in [0.15, 0.2) is 24.3 Å². The Bertz CT molecular complexity index is 427. The summed E-state index contributed by atoms with van der Waals surface area (Å²) >= 11 is 0. The number of carbonyl (C=O) groups is 1. The van der Waals surface area contributed by atoms with Gasteiger partial charge in [0.05, 0.1) is 0 Å². The van der Waals surface area contributed by atoms with Crippen LogP contribution < -0.4 is 11.1 Å². The van der Waals surface area contributed by atoms with Crippen molar-refractivity contribution < 1.29 is 4.79 Å². The molecule has 0 radical (unpaired) electrons. The van der Waals surface area contributed by atoms with Gasteiger partial charge in [0, 0.05) is 17.6 Å². The van der Waals surface area contributed by atoms with Crippen LogP contribution in [0.25, 0.3) is 0 Å². The molecule has 0 fully saturated rings. The van der Waals surface area contributed by atoms with Crippen molar-refractivity contribution in [2.75, 3.05) is 27.2 Å². The second-order valence-corrected chi connectivity index (χ2v) is 5.59. The SMILES string of the molecule is CN(C)C(C)(C)CNC(=O)c1ccccc1CCN. The van der Waals surface area contributed by atoms with Crippen LogP contribution in [0.2, 0.25) is 0 Å². The van der Waals surface area contributed by atoms with E-state index in [9.17, 15) is 4.79 Å². The van der Waals surface area contributed by atoms with Crippen molar-refractivity contribution in [1.29, 1.82) is 0 Å². The second-order valence-electron chi connectivity index (χ2n) is 5.59. The molecule has 0 heterocycles. The van der Waals surface area contributed by atoms with E-state index in [4.69, 9.17) is 5.73 Å². The first-order valence-corrected chi connectivity index (χ1v) is 6.62. The first-order chi connectivity index (χ1) is 8.88. The van der Waals surface area contributed by atoms with Crippen molar-refractivity contribution in [1.82, 2.24) is 10.2 Å². The highest BCUT2D eigenvalue weighted by Crippen LogP contribution is 2.11. The largest absolute Gasteiger partial charge is 0.350 e. The molecule has 3 N–H and O–H groups in total. The zero-order chi connectivity index (χ0) is 14.5. The van der Waals surface area contributed by atoms with Crippen LogP contribution in [-0.2, 0) is 6.42 Å². The molecule has 0 atom stereocenters. The van der Waals surface area contributed by atoms with Gasteiger partial charge in [0.25, 0.3) is 5.91 Å². The highest BCUT2D eigenvalue weighted by molar-refractivity contribution is 5.95. The normalized spacial score (nSPS) is 11.7. The summed E-state index contributed by atoms with van der Waals surface area (Å²) in [6, 6.07) is 7.62. The smallest absolute Gasteiger partial charge is 0.251 e. The van der Waals surface area contributed by atoms with E-state index in [-0.39, 0.29) is 11.4 Å². The van der Waals surface area contributed by atoms with E-state index in [1.165, 1.54) is 0 Å². The molecule has 1 amide bonds. The Kier molecular flexibility index (Phi) is 5.51. The number of benzene rings is 1. The molecular formula is C15H25N3O. The maximum absolute atomic E-state index is 12.2. The van der Waals surface area contributed by atoms with Crippen LogP contribution in [0.5, 0.6) is 0 Å². The third-order valence-electron chi connectivity index (χ3n) is 3.57. The summed E-state index contributed by atoms with van der Waals surface area (Å²) in [5.74, 6) is -0.0287. The fourth-order valence-electron chi connectivity index (χ4n) is 1.67. The van der Waals surface area contributed by atoms with Gasteiger partial charge in [-0.15, -0.1) is 0 Å². The number of hydrogen-bond acceptors (Lipinski definition) is 3. The topological polar surface area (TPSA) is 58.4 Å². The van der Waals surface area contributed by atoms with Crippen molar-refractivity contribution in [3.8, 4) is 0 Å². The maximum atomic E-state index is 12.2. The predicted octanol–water partition coefficient (Wildman–Crippen LogP) is 1.26. The highest BCUT2D eigenvalue weighted by Gasteiger charge is 2.21. The standard InChI is InChI=1S/C15H25N3O/c1-15(2,18(3)4)11-17-14(19)13-8-6-5-7-12(13)9-10-16/h5-8H,9-11,16H2,1-4H3,(H,17,19). The van der Waals surface area contributed by atoms with Crippen LogP contribution in [0.1, 0.15) is 29.8 Å². The summed E-state index contributed by atoms with van der Waals surface area (Å²) < 4.78 is 0. The van der Waals surface area contributed by atoms with Crippen molar-refractivity contribution in [2.45, 2.75) is 25.8 Å². The Balaban J connectivity index is 2.74. The Morgan fingerprint density at radius 1 is 1.32 bits per heavy atom. The summed E-state index contributed by atoms with van der Waals surface area (Å²) in [7, 11) is 4.02. The lowest BCUT2D eigenvalue weighted by Crippen LogP contribution is -2.48. The fraction of sp³-hybridized carbons (Fsp3) is 0.533. The fourth-order valence-corrected chi connectivity index (χ4v) is 1.67. The van der Waals surface area contributed by atoms with E-state index < -0.39 is 0 Å². The average Bonchev–Trinajstić information content (AvgIpc) is 2.37. The van der Waals surface area contributed by atoms with Gasteiger partial charge in [-0.3, -0.25) is 4.79 Å². The van der Waals surface area contributed by atoms with Gasteiger partial charge >= 0.3 is 0 Å². The number of amides is 1. The average molecular weight is 263 g/mol. The molecule has 19 heavy (non-hydrogen) atoms. The number of nitrogens with one attached hydrogen (secondary N) is 1. The molecular weight excluding hydrogens is 238 g/mol. The van der Waals surface area contributed by atoms with Gasteiger partial charge in [0.2, 0.25) is 0 Å². The van der Waals surface area contributed by atoms with Crippen molar-refractivity contribution in [3.63, 3.8) is 0 Å². The van der Waals surface area contributed by atoms with Gasteiger partial charge in [-0.2, -0.15) is 0 Å². The maximum Gasteiger partial charge on any atom is 0.251 e. The molecule has 1 rings (SSSR count). The molecule has 0 aliphatic heterocycles. The molecule has 0 unspecified atom stereocenters. The van der Waals surface area contributed by atoms with Gasteiger partial charge < -0.3 is 16.0 Å². The van der Waals surface area contributed by atoms with Crippen LogP contribution >= 0.6 is 0 Å². The lowest BCUT2D eigenvalue weighted by molar-refractivity contribution is 0.0919. The summed E-state index contributed by atoms with van der Waals surface area (Å²) in [6.45, 7) is 5.35. The molecule has 1 aromatic carbocycles. The minimum atomic E-state index is -0.0710. The van der Waals surface area contributed by atoms with Crippen molar-refractivity contribution in [2.24, 2.45) is 5.73 Å². The van der Waals surface area contributed by atoms with Crippen molar-refractivity contribution >= 4 is 5.91 Å². The van der Waals surface area contributed by atoms with E-state index in [0.29, 0.717) is 13.1 Å². The van der Waals surface area contributed by atoms with Gasteiger partial charge in [0.1, 0.15) is 0 Å². The third-order valence-corrected chi connectivity index (χ3v) is 3.57. The van der Waals surface area contributed by atoms with Gasteiger partial charge in [-0.05, 0) is 52.5 Å². The van der Waals surface area contributed by atoms with Crippen molar-refractivity contribution in [3.05, 3.63) is 35.4 Å². The van der Waals surface area contributed by atoms with Crippen LogP contribution in [0, 0.1) is 0 Å². The molecule has 0 aliphatic rings. The Labute approximate surface area is 116 Å². The molecule has 0 spiro atoms. The Morgan fingerprint density at radius 3 is 2.53 bits per heavy atom. The lowest BCUT2D eigenvalue weighted by Gasteiger charge is -2.32. The second kappa shape index (κ2) is 6.68. The number of rotatable bonds is 6. The molecule has 4 nitrogen and oxygen atoms in total. The lowest BCUT2D eigenvalue weighted by atomic mass is 10.0. The van der Waals surface area contributed by atoms with Gasteiger partial charge in [-0.25, -0.2) is 0 Å². The molecule has 0 saturated carbocycles. The highest BCUT2D eigenvalue weighted by atomic mass is 16.1. The van der Waals surface area contributed by atoms with E-state index in [1.54, 1.807) is 0 Å². The van der Waals surface area contributed by atoms with Gasteiger partial charge in [0.15, 0.2) is 0 Å². The van der Waals surface area contributed by atoms with E-state index in [1.807, 2.05) is 38.4 Å². The summed E-state index contributed by atoms with van der Waals surface area (Å²) in [6.07, 6.45) is 0.723. The summed E-state index contributed by atoms with van der Waals surface area (Å²) in [5, 5.41) is 3.00. The number of nitrogens with two attached hydrogens (primary N) is 1. The number of carbonyl (C=O) groups excluding carboxylic acids is 1. The van der Waals surface area contributed by atoms with E-state index in [0.717, 1.165) is 17.5 Å². The Hall–Kier alpha value is -1.39. The molecule has 0 bridgehead atoms. The third kappa shape index (κ3) is 4.33. The number of hydrogen-bond donors (Lipinski definition) is 2. The zero-order valence-corrected chi connectivity index (χ0v) is 12.4. The van der Waals surface area contributed by atoms with Crippen LogP contribution in [0.4, 0.5) is 0 Å². The predicted molar refractivity (Wildman–Crippen MR) is 79.3 cm³/mol. The van der Waals surface area contributed by atoms with E-state index >= 15 is 0 Å². The Morgan fingerprint density at radius 2 is 1.95 bits per heavy atom. The first kappa shape index (κ1) is 15.7. The first-order valence-electron chi connectivity index (χ1n) is 6.62.